The highest BCUT2D eigenvalue weighted by molar-refractivity contribution is 5.80. The van der Waals surface area contributed by atoms with Crippen LogP contribution in [0.1, 0.15) is 11.4 Å². The molecule has 5 nitrogen and oxygen atoms in total. The molecule has 0 aliphatic carbocycles. The summed E-state index contributed by atoms with van der Waals surface area (Å²) < 4.78 is 60.8. The molecule has 0 saturated carbocycles. The summed E-state index contributed by atoms with van der Waals surface area (Å²) in [6.45, 7) is -6.30. The van der Waals surface area contributed by atoms with Gasteiger partial charge in [0.25, 0.3) is 5.56 Å². The molecule has 0 amide bonds. The van der Waals surface area contributed by atoms with Gasteiger partial charge in [-0.1, -0.05) is 30.3 Å². The van der Waals surface area contributed by atoms with Crippen molar-refractivity contribution in [3.8, 4) is 17.2 Å². The van der Waals surface area contributed by atoms with Gasteiger partial charge in [-0.25, -0.2) is 4.98 Å². The van der Waals surface area contributed by atoms with Crippen molar-refractivity contribution in [3.63, 3.8) is 0 Å². The summed E-state index contributed by atoms with van der Waals surface area (Å²) in [4.78, 5) is 17.7. The van der Waals surface area contributed by atoms with E-state index in [1.807, 2.05) is 0 Å². The first-order valence-corrected chi connectivity index (χ1v) is 9.71. The number of rotatable bonds is 7. The Morgan fingerprint density at radius 2 is 1.52 bits per heavy atom. The van der Waals surface area contributed by atoms with Crippen LogP contribution in [0, 0.1) is 0 Å². The molecule has 0 unspecified atom stereocenters. The molecule has 4 aromatic rings. The lowest BCUT2D eigenvalue weighted by Crippen LogP contribution is -2.22. The first-order valence-electron chi connectivity index (χ1n) is 9.71. The quantitative estimate of drug-likeness (QED) is 0.332. The van der Waals surface area contributed by atoms with Gasteiger partial charge in [-0.05, 0) is 48.6 Å². The third-order valence-corrected chi connectivity index (χ3v) is 4.65. The topological polar surface area (TPSA) is 53.4 Å². The van der Waals surface area contributed by atoms with Crippen molar-refractivity contribution in [1.29, 1.82) is 0 Å². The molecule has 1 heterocycles. The predicted molar refractivity (Wildman–Crippen MR) is 116 cm³/mol. The Balaban J connectivity index is 1.83. The SMILES string of the molecule is O=c1c2ccccc2nc(/C=C/c2ccc(OC(F)F)cc2OC(F)F)n1-c1ccccc1. The molecule has 0 aliphatic rings. The summed E-state index contributed by atoms with van der Waals surface area (Å²) >= 11 is 0. The smallest absolute Gasteiger partial charge is 0.387 e. The third-order valence-electron chi connectivity index (χ3n) is 4.65. The zero-order chi connectivity index (χ0) is 23.4. The van der Waals surface area contributed by atoms with Crippen LogP contribution >= 0.6 is 0 Å². The fraction of sp³-hybridized carbons (Fsp3) is 0.0833. The fourth-order valence-corrected chi connectivity index (χ4v) is 3.28. The Hall–Kier alpha value is -4.14. The van der Waals surface area contributed by atoms with Crippen LogP contribution in [-0.2, 0) is 0 Å². The minimum atomic E-state index is -3.18. The molecule has 0 N–H and O–H groups in total. The molecule has 0 bridgehead atoms. The van der Waals surface area contributed by atoms with E-state index in [0.717, 1.165) is 6.07 Å². The Bertz CT molecular complexity index is 1360. The van der Waals surface area contributed by atoms with Crippen molar-refractivity contribution in [2.24, 2.45) is 0 Å². The van der Waals surface area contributed by atoms with E-state index >= 15 is 0 Å². The van der Waals surface area contributed by atoms with E-state index in [0.29, 0.717) is 16.6 Å². The lowest BCUT2D eigenvalue weighted by molar-refractivity contribution is -0.0543. The van der Waals surface area contributed by atoms with Gasteiger partial charge in [0, 0.05) is 11.6 Å². The van der Waals surface area contributed by atoms with E-state index in [1.165, 1.54) is 28.9 Å². The molecule has 0 atom stereocenters. The molecular weight excluding hydrogens is 440 g/mol. The highest BCUT2D eigenvalue weighted by Gasteiger charge is 2.14. The number of benzene rings is 3. The zero-order valence-corrected chi connectivity index (χ0v) is 16.9. The van der Waals surface area contributed by atoms with Crippen molar-refractivity contribution in [2.75, 3.05) is 0 Å². The number of halogens is 4. The van der Waals surface area contributed by atoms with Crippen LogP contribution in [0.3, 0.4) is 0 Å². The van der Waals surface area contributed by atoms with E-state index in [-0.39, 0.29) is 28.4 Å². The third kappa shape index (κ3) is 5.03. The molecule has 9 heteroatoms. The molecule has 0 radical (unpaired) electrons. The number of para-hydroxylation sites is 2. The standard InChI is InChI=1S/C24H16F4N2O3/c25-23(26)32-17-12-10-15(20(14-17)33-24(27)28)11-13-21-29-19-9-5-4-8-18(19)22(31)30(21)16-6-2-1-3-7-16/h1-14,23-24H/b13-11+. The number of hydrogen-bond donors (Lipinski definition) is 0. The second kappa shape index (κ2) is 9.56. The largest absolute Gasteiger partial charge is 0.435 e. The van der Waals surface area contributed by atoms with E-state index in [1.54, 1.807) is 54.6 Å². The average Bonchev–Trinajstić information content (AvgIpc) is 2.78. The Morgan fingerprint density at radius 3 is 2.24 bits per heavy atom. The lowest BCUT2D eigenvalue weighted by Gasteiger charge is -2.12. The minimum absolute atomic E-state index is 0.152. The van der Waals surface area contributed by atoms with Gasteiger partial charge in [0.2, 0.25) is 0 Å². The van der Waals surface area contributed by atoms with Crippen LogP contribution in [0.2, 0.25) is 0 Å². The van der Waals surface area contributed by atoms with Crippen LogP contribution in [-0.4, -0.2) is 22.8 Å². The number of nitrogens with zero attached hydrogens (tertiary/aromatic N) is 2. The van der Waals surface area contributed by atoms with Crippen molar-refractivity contribution in [2.45, 2.75) is 13.2 Å². The van der Waals surface area contributed by atoms with Crippen LogP contribution in [0.25, 0.3) is 28.7 Å². The van der Waals surface area contributed by atoms with Crippen LogP contribution in [0.4, 0.5) is 17.6 Å². The number of fused-ring (bicyclic) bond motifs is 1. The van der Waals surface area contributed by atoms with Gasteiger partial charge in [0.1, 0.15) is 17.3 Å². The maximum Gasteiger partial charge on any atom is 0.387 e. The summed E-state index contributed by atoms with van der Waals surface area (Å²) in [5.41, 5.74) is 0.860. The summed E-state index contributed by atoms with van der Waals surface area (Å²) in [5.74, 6) is -0.461. The first-order chi connectivity index (χ1) is 15.9. The van der Waals surface area contributed by atoms with Crippen molar-refractivity contribution < 1.29 is 27.0 Å². The van der Waals surface area contributed by atoms with Gasteiger partial charge in [0.05, 0.1) is 16.6 Å². The average molecular weight is 456 g/mol. The summed E-state index contributed by atoms with van der Waals surface area (Å²) in [6.07, 6.45) is 2.86. The Morgan fingerprint density at radius 1 is 0.818 bits per heavy atom. The molecule has 3 aromatic carbocycles. The molecular formula is C24H16F4N2O3. The van der Waals surface area contributed by atoms with E-state index in [9.17, 15) is 22.4 Å². The summed E-state index contributed by atoms with van der Waals surface area (Å²) in [7, 11) is 0. The highest BCUT2D eigenvalue weighted by atomic mass is 19.3. The molecule has 0 saturated heterocycles. The molecule has 33 heavy (non-hydrogen) atoms. The summed E-state index contributed by atoms with van der Waals surface area (Å²) in [6, 6.07) is 19.0. The first kappa shape index (κ1) is 22.1. The maximum atomic E-state index is 13.2. The van der Waals surface area contributed by atoms with Crippen molar-refractivity contribution in [1.82, 2.24) is 9.55 Å². The minimum Gasteiger partial charge on any atom is -0.435 e. The Labute approximate surface area is 185 Å². The molecule has 1 aromatic heterocycles. The highest BCUT2D eigenvalue weighted by Crippen LogP contribution is 2.29. The van der Waals surface area contributed by atoms with Crippen LogP contribution < -0.4 is 15.0 Å². The number of alkyl halides is 4. The van der Waals surface area contributed by atoms with Gasteiger partial charge < -0.3 is 9.47 Å². The van der Waals surface area contributed by atoms with Crippen LogP contribution in [0.5, 0.6) is 11.5 Å². The normalized spacial score (nSPS) is 11.6. The molecule has 0 fully saturated rings. The number of hydrogen-bond acceptors (Lipinski definition) is 4. The van der Waals surface area contributed by atoms with E-state index < -0.39 is 13.2 Å². The summed E-state index contributed by atoms with van der Waals surface area (Å²) in [5, 5.41) is 0.411. The van der Waals surface area contributed by atoms with E-state index in [2.05, 4.69) is 14.5 Å². The molecule has 4 rings (SSSR count). The second-order valence-corrected chi connectivity index (χ2v) is 6.75. The van der Waals surface area contributed by atoms with Gasteiger partial charge in [0.15, 0.2) is 0 Å². The predicted octanol–water partition coefficient (Wildman–Crippen LogP) is 5.76. The molecule has 168 valence electrons. The maximum absolute atomic E-state index is 13.2. The van der Waals surface area contributed by atoms with E-state index in [4.69, 9.17) is 0 Å². The fourth-order valence-electron chi connectivity index (χ4n) is 3.28. The lowest BCUT2D eigenvalue weighted by atomic mass is 10.1. The zero-order valence-electron chi connectivity index (χ0n) is 16.9. The number of aromatic nitrogens is 2. The van der Waals surface area contributed by atoms with Gasteiger partial charge in [-0.2, -0.15) is 17.6 Å². The monoisotopic (exact) mass is 456 g/mol. The van der Waals surface area contributed by atoms with Gasteiger partial charge >= 0.3 is 13.2 Å². The number of ether oxygens (including phenoxy) is 2. The van der Waals surface area contributed by atoms with Crippen molar-refractivity contribution in [3.05, 3.63) is 94.5 Å². The molecule has 0 spiro atoms. The molecule has 0 aliphatic heterocycles. The van der Waals surface area contributed by atoms with Gasteiger partial charge in [-0.3, -0.25) is 9.36 Å². The van der Waals surface area contributed by atoms with Gasteiger partial charge in [-0.15, -0.1) is 0 Å². The second-order valence-electron chi connectivity index (χ2n) is 6.75. The van der Waals surface area contributed by atoms with Crippen molar-refractivity contribution >= 4 is 23.1 Å². The van der Waals surface area contributed by atoms with Crippen LogP contribution in [0.15, 0.2) is 77.6 Å². The Kier molecular flexibility index (Phi) is 6.39.